The van der Waals surface area contributed by atoms with Gasteiger partial charge in [-0.15, -0.1) is 0 Å². The number of hydrogen-bond donors (Lipinski definition) is 0. The van der Waals surface area contributed by atoms with Crippen LogP contribution in [0.3, 0.4) is 0 Å². The average molecular weight is 353 g/mol. The number of ether oxygens (including phenoxy) is 2. The minimum absolute atomic E-state index is 0.0988. The Morgan fingerprint density at radius 3 is 2.62 bits per heavy atom. The van der Waals surface area contributed by atoms with Crippen LogP contribution in [0, 0.1) is 11.8 Å². The molecule has 0 unspecified atom stereocenters. The zero-order valence-corrected chi connectivity index (χ0v) is 14.4. The van der Waals surface area contributed by atoms with Crippen molar-refractivity contribution in [2.45, 2.75) is 31.6 Å². The molecule has 134 valence electrons. The van der Waals surface area contributed by atoms with Crippen molar-refractivity contribution in [2.24, 2.45) is 11.8 Å². The van der Waals surface area contributed by atoms with Crippen LogP contribution in [0.2, 0.25) is 0 Å². The maximum absolute atomic E-state index is 12.8. The smallest absolute Gasteiger partial charge is 0.240 e. The molecule has 4 heterocycles. The monoisotopic (exact) mass is 353 g/mol. The summed E-state index contributed by atoms with van der Waals surface area (Å²) in [5.74, 6) is -0.143. The van der Waals surface area contributed by atoms with Crippen molar-refractivity contribution in [3.63, 3.8) is 0 Å². The molecule has 2 amide bonds. The number of aromatic nitrogens is 2. The predicted octanol–water partition coefficient (Wildman–Crippen LogP) is 1.61. The molecule has 0 N–H and O–H groups in total. The van der Waals surface area contributed by atoms with E-state index in [1.165, 1.54) is 4.90 Å². The molecule has 0 radical (unpaired) electrons. The molecule has 3 aliphatic heterocycles. The SMILES string of the molecule is COc1cccc(Cn2cc(N3C(=O)[C@@H]4[C@@H](C3=O)[C@@H]3CC[C@@H]4O3)cn2)c1. The third-order valence-electron chi connectivity index (χ3n) is 5.64. The number of benzene rings is 1. The quantitative estimate of drug-likeness (QED) is 0.781. The number of carbonyl (C=O) groups is 2. The number of hydrogen-bond acceptors (Lipinski definition) is 5. The van der Waals surface area contributed by atoms with Crippen LogP contribution in [0.4, 0.5) is 5.69 Å². The molecule has 0 saturated carbocycles. The first-order chi connectivity index (χ1) is 12.7. The molecule has 5 rings (SSSR count). The Bertz CT molecular complexity index is 864. The number of anilines is 1. The van der Waals surface area contributed by atoms with Gasteiger partial charge in [0.05, 0.1) is 49.6 Å². The van der Waals surface area contributed by atoms with Crippen LogP contribution in [-0.4, -0.2) is 40.9 Å². The van der Waals surface area contributed by atoms with Gasteiger partial charge in [-0.1, -0.05) is 12.1 Å². The molecule has 7 nitrogen and oxygen atoms in total. The summed E-state index contributed by atoms with van der Waals surface area (Å²) in [6.07, 6.45) is 4.87. The van der Waals surface area contributed by atoms with Crippen LogP contribution in [0.15, 0.2) is 36.7 Å². The van der Waals surface area contributed by atoms with Gasteiger partial charge in [-0.2, -0.15) is 5.10 Å². The third kappa shape index (κ3) is 2.20. The van der Waals surface area contributed by atoms with Gasteiger partial charge in [-0.3, -0.25) is 14.3 Å². The van der Waals surface area contributed by atoms with Crippen molar-refractivity contribution in [1.29, 1.82) is 0 Å². The normalized spacial score (nSPS) is 29.5. The van der Waals surface area contributed by atoms with E-state index < -0.39 is 0 Å². The highest BCUT2D eigenvalue weighted by Crippen LogP contribution is 2.49. The molecule has 1 aromatic heterocycles. The second kappa shape index (κ2) is 5.67. The summed E-state index contributed by atoms with van der Waals surface area (Å²) in [4.78, 5) is 26.9. The molecule has 26 heavy (non-hydrogen) atoms. The fourth-order valence-electron chi connectivity index (χ4n) is 4.48. The lowest BCUT2D eigenvalue weighted by molar-refractivity contribution is -0.124. The highest BCUT2D eigenvalue weighted by molar-refractivity contribution is 6.22. The van der Waals surface area contributed by atoms with Gasteiger partial charge in [0.2, 0.25) is 11.8 Å². The van der Waals surface area contributed by atoms with Crippen molar-refractivity contribution in [3.8, 4) is 5.75 Å². The first-order valence-corrected chi connectivity index (χ1v) is 8.84. The summed E-state index contributed by atoms with van der Waals surface area (Å²) in [5.41, 5.74) is 1.57. The summed E-state index contributed by atoms with van der Waals surface area (Å²) in [5, 5.41) is 4.33. The van der Waals surface area contributed by atoms with Gasteiger partial charge in [0.1, 0.15) is 5.75 Å². The van der Waals surface area contributed by atoms with E-state index in [0.29, 0.717) is 12.2 Å². The molecule has 0 spiro atoms. The van der Waals surface area contributed by atoms with Crippen LogP contribution >= 0.6 is 0 Å². The van der Waals surface area contributed by atoms with Gasteiger partial charge in [0, 0.05) is 6.20 Å². The molecule has 0 aliphatic carbocycles. The predicted molar refractivity (Wildman–Crippen MR) is 91.7 cm³/mol. The minimum Gasteiger partial charge on any atom is -0.497 e. The van der Waals surface area contributed by atoms with Crippen LogP contribution < -0.4 is 9.64 Å². The number of amides is 2. The molecule has 1 aromatic carbocycles. The summed E-state index contributed by atoms with van der Waals surface area (Å²) >= 11 is 0. The lowest BCUT2D eigenvalue weighted by Gasteiger charge is -2.15. The number of nitrogens with zero attached hydrogens (tertiary/aromatic N) is 3. The lowest BCUT2D eigenvalue weighted by Crippen LogP contribution is -2.33. The standard InChI is InChI=1S/C19H19N3O4/c1-25-13-4-2-3-11(7-13)9-21-10-12(8-20-21)22-18(23)16-14-5-6-15(26-14)17(16)19(22)24/h2-4,7-8,10,14-17H,5-6,9H2,1H3/t14-,15-,16-,17-/m0/s1. The Balaban J connectivity index is 1.38. The van der Waals surface area contributed by atoms with Crippen molar-refractivity contribution < 1.29 is 19.1 Å². The van der Waals surface area contributed by atoms with E-state index in [9.17, 15) is 9.59 Å². The molecule has 7 heteroatoms. The number of methoxy groups -OCH3 is 1. The van der Waals surface area contributed by atoms with Gasteiger partial charge in [0.25, 0.3) is 0 Å². The highest BCUT2D eigenvalue weighted by atomic mass is 16.5. The Kier molecular flexibility index (Phi) is 3.40. The molecule has 4 atom stereocenters. The van der Waals surface area contributed by atoms with Crippen molar-refractivity contribution in [3.05, 3.63) is 42.2 Å². The highest BCUT2D eigenvalue weighted by Gasteiger charge is 2.62. The second-order valence-corrected chi connectivity index (χ2v) is 7.10. The van der Waals surface area contributed by atoms with E-state index in [0.717, 1.165) is 24.2 Å². The maximum Gasteiger partial charge on any atom is 0.240 e. The van der Waals surface area contributed by atoms with Gasteiger partial charge in [-0.25, -0.2) is 4.90 Å². The van der Waals surface area contributed by atoms with E-state index in [2.05, 4.69) is 5.10 Å². The van der Waals surface area contributed by atoms with E-state index in [1.807, 2.05) is 24.3 Å². The zero-order chi connectivity index (χ0) is 17.8. The van der Waals surface area contributed by atoms with E-state index in [1.54, 1.807) is 24.2 Å². The van der Waals surface area contributed by atoms with E-state index >= 15 is 0 Å². The van der Waals surface area contributed by atoms with Gasteiger partial charge in [-0.05, 0) is 30.5 Å². The fourth-order valence-corrected chi connectivity index (χ4v) is 4.48. The Labute approximate surface area is 150 Å². The molecule has 3 saturated heterocycles. The van der Waals surface area contributed by atoms with Crippen LogP contribution in [-0.2, 0) is 20.9 Å². The summed E-state index contributed by atoms with van der Waals surface area (Å²) < 4.78 is 12.7. The summed E-state index contributed by atoms with van der Waals surface area (Å²) in [7, 11) is 1.63. The summed E-state index contributed by atoms with van der Waals surface area (Å²) in [6.45, 7) is 0.536. The summed E-state index contributed by atoms with van der Waals surface area (Å²) in [6, 6.07) is 7.72. The third-order valence-corrected chi connectivity index (χ3v) is 5.64. The van der Waals surface area contributed by atoms with Gasteiger partial charge >= 0.3 is 0 Å². The number of carbonyl (C=O) groups excluding carboxylic acids is 2. The number of rotatable bonds is 4. The molecular weight excluding hydrogens is 334 g/mol. The molecule has 3 fully saturated rings. The van der Waals surface area contributed by atoms with Gasteiger partial charge < -0.3 is 9.47 Å². The van der Waals surface area contributed by atoms with E-state index in [4.69, 9.17) is 9.47 Å². The van der Waals surface area contributed by atoms with Crippen molar-refractivity contribution in [1.82, 2.24) is 9.78 Å². The van der Waals surface area contributed by atoms with Crippen molar-refractivity contribution in [2.75, 3.05) is 12.0 Å². The minimum atomic E-state index is -0.317. The zero-order valence-electron chi connectivity index (χ0n) is 14.4. The molecular formula is C19H19N3O4. The maximum atomic E-state index is 12.8. The Morgan fingerprint density at radius 2 is 1.92 bits per heavy atom. The molecule has 3 aliphatic rings. The Morgan fingerprint density at radius 1 is 1.19 bits per heavy atom. The van der Waals surface area contributed by atoms with Gasteiger partial charge in [0.15, 0.2) is 0 Å². The number of fused-ring (bicyclic) bond motifs is 5. The van der Waals surface area contributed by atoms with Crippen LogP contribution in [0.1, 0.15) is 18.4 Å². The van der Waals surface area contributed by atoms with E-state index in [-0.39, 0.29) is 35.9 Å². The average Bonchev–Trinajstić information content (AvgIpc) is 3.40. The first kappa shape index (κ1) is 15.6. The largest absolute Gasteiger partial charge is 0.497 e. The molecule has 2 bridgehead atoms. The van der Waals surface area contributed by atoms with Crippen molar-refractivity contribution >= 4 is 17.5 Å². The fraction of sp³-hybridized carbons (Fsp3) is 0.421. The Hall–Kier alpha value is -2.67. The van der Waals surface area contributed by atoms with Crippen LogP contribution in [0.5, 0.6) is 5.75 Å². The number of imide groups is 1. The first-order valence-electron chi connectivity index (χ1n) is 8.84. The topological polar surface area (TPSA) is 73.7 Å². The molecule has 2 aromatic rings. The second-order valence-electron chi connectivity index (χ2n) is 7.10. The van der Waals surface area contributed by atoms with Crippen LogP contribution in [0.25, 0.3) is 0 Å². The lowest BCUT2D eigenvalue weighted by atomic mass is 9.81.